The quantitative estimate of drug-likeness (QED) is 0.338. The predicted octanol–water partition coefficient (Wildman–Crippen LogP) is 4.87. The number of fused-ring (bicyclic) bond motifs is 1. The Bertz CT molecular complexity index is 1750. The van der Waals surface area contributed by atoms with Gasteiger partial charge in [-0.25, -0.2) is 23.7 Å². The number of nitrogens with two attached hydrogens (primary N) is 1. The molecule has 41 heavy (non-hydrogen) atoms. The summed E-state index contributed by atoms with van der Waals surface area (Å²) in [7, 11) is 0. The highest BCUT2D eigenvalue weighted by Crippen LogP contribution is 2.35. The highest BCUT2D eigenvalue weighted by Gasteiger charge is 2.30. The van der Waals surface area contributed by atoms with E-state index in [2.05, 4.69) is 16.5 Å². The minimum absolute atomic E-state index is 0.0715. The zero-order valence-electron chi connectivity index (χ0n) is 23.4. The molecule has 1 aliphatic heterocycles. The minimum atomic E-state index is -0.687. The smallest absolute Gasteiger partial charge is 0.355 e. The maximum Gasteiger partial charge on any atom is 0.355 e. The Morgan fingerprint density at radius 2 is 1.93 bits per heavy atom. The number of halogens is 2. The van der Waals surface area contributed by atoms with Gasteiger partial charge < -0.3 is 15.5 Å². The number of rotatable bonds is 5. The lowest BCUT2D eigenvalue weighted by Gasteiger charge is -2.40. The van der Waals surface area contributed by atoms with Crippen molar-refractivity contribution in [1.29, 1.82) is 0 Å². The van der Waals surface area contributed by atoms with Crippen LogP contribution < -0.4 is 16.3 Å². The normalized spacial score (nSPS) is 15.5. The fourth-order valence-corrected chi connectivity index (χ4v) is 5.56. The van der Waals surface area contributed by atoms with Gasteiger partial charge in [-0.05, 0) is 55.2 Å². The van der Waals surface area contributed by atoms with Crippen LogP contribution in [0.3, 0.4) is 0 Å². The van der Waals surface area contributed by atoms with Crippen LogP contribution in [-0.2, 0) is 4.79 Å². The number of piperazine rings is 1. The first-order valence-corrected chi connectivity index (χ1v) is 13.7. The lowest BCUT2D eigenvalue weighted by atomic mass is 9.98. The average Bonchev–Trinajstić information content (AvgIpc) is 2.94. The number of carbonyl (C=O) groups is 1. The van der Waals surface area contributed by atoms with Crippen molar-refractivity contribution in [3.8, 4) is 17.1 Å². The van der Waals surface area contributed by atoms with Crippen molar-refractivity contribution in [1.82, 2.24) is 24.4 Å². The number of pyridine rings is 2. The maximum atomic E-state index is 15.9. The van der Waals surface area contributed by atoms with Crippen molar-refractivity contribution in [3.05, 3.63) is 81.5 Å². The van der Waals surface area contributed by atoms with E-state index in [-0.39, 0.29) is 45.7 Å². The van der Waals surface area contributed by atoms with Gasteiger partial charge >= 0.3 is 5.69 Å². The molecule has 0 spiro atoms. The first-order valence-electron chi connectivity index (χ1n) is 13.3. The monoisotopic (exact) mass is 575 g/mol. The fourth-order valence-electron chi connectivity index (χ4n) is 5.37. The van der Waals surface area contributed by atoms with Gasteiger partial charge in [-0.3, -0.25) is 4.79 Å². The maximum absolute atomic E-state index is 15.9. The van der Waals surface area contributed by atoms with Crippen LogP contribution in [0.15, 0.2) is 53.8 Å². The number of benzene rings is 1. The molecule has 1 amide bonds. The van der Waals surface area contributed by atoms with Crippen molar-refractivity contribution in [2.75, 3.05) is 30.3 Å². The van der Waals surface area contributed by atoms with Gasteiger partial charge in [-0.1, -0.05) is 50.2 Å². The van der Waals surface area contributed by atoms with E-state index in [9.17, 15) is 9.59 Å². The van der Waals surface area contributed by atoms with E-state index >= 15 is 4.39 Å². The lowest BCUT2D eigenvalue weighted by molar-refractivity contribution is -0.126. The summed E-state index contributed by atoms with van der Waals surface area (Å²) in [5, 5.41) is 0.516. The number of aromatic nitrogens is 4. The molecule has 1 atom stereocenters. The summed E-state index contributed by atoms with van der Waals surface area (Å²) >= 11 is 6.40. The number of para-hydroxylation sites is 1. The largest absolute Gasteiger partial charge is 0.384 e. The van der Waals surface area contributed by atoms with Crippen molar-refractivity contribution < 1.29 is 9.18 Å². The first kappa shape index (κ1) is 28.2. The molecule has 212 valence electrons. The number of hydrogen-bond acceptors (Lipinski definition) is 7. The van der Waals surface area contributed by atoms with Crippen LogP contribution in [0.2, 0.25) is 5.02 Å². The lowest BCUT2D eigenvalue weighted by Crippen LogP contribution is -2.54. The van der Waals surface area contributed by atoms with Gasteiger partial charge in [-0.15, -0.1) is 0 Å². The number of anilines is 2. The second kappa shape index (κ2) is 10.9. The van der Waals surface area contributed by atoms with Gasteiger partial charge in [0.2, 0.25) is 5.91 Å². The minimum Gasteiger partial charge on any atom is -0.384 e. The van der Waals surface area contributed by atoms with Gasteiger partial charge in [0, 0.05) is 25.7 Å². The van der Waals surface area contributed by atoms with Crippen molar-refractivity contribution in [2.45, 2.75) is 39.7 Å². The molecule has 9 nitrogen and oxygen atoms in total. The zero-order valence-corrected chi connectivity index (χ0v) is 24.1. The summed E-state index contributed by atoms with van der Waals surface area (Å²) in [6.07, 6.45) is 1.28. The molecular weight excluding hydrogens is 545 g/mol. The Balaban J connectivity index is 1.82. The number of nitrogens with zero attached hydrogens (tertiary/aromatic N) is 6. The fraction of sp³-hybridized carbons (Fsp3) is 0.300. The van der Waals surface area contributed by atoms with E-state index < -0.39 is 11.5 Å². The SMILES string of the molecule is C=CC(=O)N1CCN(c2nc(=O)n(-c3c(C)cccc3C(C)C)c3nc(-c4nc(N)ccc4Cl)c(F)cc23)[C@@H](C)C1. The van der Waals surface area contributed by atoms with Crippen molar-refractivity contribution in [2.24, 2.45) is 0 Å². The average molecular weight is 576 g/mol. The Kier molecular flexibility index (Phi) is 7.52. The third kappa shape index (κ3) is 5.04. The Morgan fingerprint density at radius 3 is 2.61 bits per heavy atom. The van der Waals surface area contributed by atoms with Gasteiger partial charge in [0.1, 0.15) is 23.0 Å². The number of carbonyl (C=O) groups excluding carboxylic acids is 1. The van der Waals surface area contributed by atoms with Gasteiger partial charge in [-0.2, -0.15) is 4.98 Å². The topological polar surface area (TPSA) is 110 Å². The van der Waals surface area contributed by atoms with E-state index in [1.807, 2.05) is 50.8 Å². The molecule has 11 heteroatoms. The molecule has 0 bridgehead atoms. The van der Waals surface area contributed by atoms with Crippen LogP contribution in [0.4, 0.5) is 16.0 Å². The van der Waals surface area contributed by atoms with Crippen LogP contribution >= 0.6 is 11.6 Å². The van der Waals surface area contributed by atoms with Crippen molar-refractivity contribution in [3.63, 3.8) is 0 Å². The molecule has 5 rings (SSSR count). The highest BCUT2D eigenvalue weighted by molar-refractivity contribution is 6.33. The van der Waals surface area contributed by atoms with Gasteiger partial charge in [0.05, 0.1) is 16.1 Å². The molecule has 4 heterocycles. The summed E-state index contributed by atoms with van der Waals surface area (Å²) in [6, 6.07) is 9.95. The molecule has 0 unspecified atom stereocenters. The molecule has 0 saturated carbocycles. The number of amides is 1. The van der Waals surface area contributed by atoms with E-state index in [1.54, 1.807) is 4.90 Å². The summed E-state index contributed by atoms with van der Waals surface area (Å²) in [4.78, 5) is 43.2. The van der Waals surface area contributed by atoms with Gasteiger partial charge in [0.15, 0.2) is 11.5 Å². The zero-order chi connectivity index (χ0) is 29.6. The molecule has 0 radical (unpaired) electrons. The van der Waals surface area contributed by atoms with Crippen molar-refractivity contribution >= 4 is 40.2 Å². The predicted molar refractivity (Wildman–Crippen MR) is 160 cm³/mol. The number of aryl methyl sites for hydroxylation is 1. The van der Waals surface area contributed by atoms with E-state index in [0.29, 0.717) is 36.5 Å². The Hall–Kier alpha value is -4.31. The third-order valence-corrected chi connectivity index (χ3v) is 7.70. The molecule has 1 aromatic carbocycles. The second-order valence-electron chi connectivity index (χ2n) is 10.5. The first-order chi connectivity index (χ1) is 19.5. The standard InChI is InChI=1S/C30H31ClFN7O2/c1-6-24(40)37-12-13-38(18(5)15-37)28-20-14-22(32)26(25-21(31)10-11-23(33)34-25)35-29(20)39(30(41)36-28)27-17(4)8-7-9-19(27)16(2)3/h6-11,14,16,18H,1,12-13,15H2,2-5H3,(H2,33,34)/t18-/m0/s1. The third-order valence-electron chi connectivity index (χ3n) is 7.39. The Morgan fingerprint density at radius 1 is 1.17 bits per heavy atom. The molecule has 2 N–H and O–H groups in total. The number of hydrogen-bond donors (Lipinski definition) is 1. The highest BCUT2D eigenvalue weighted by atomic mass is 35.5. The van der Waals surface area contributed by atoms with Crippen LogP contribution in [0.1, 0.15) is 37.8 Å². The summed E-state index contributed by atoms with van der Waals surface area (Å²) in [6.45, 7) is 12.7. The van der Waals surface area contributed by atoms with Crippen LogP contribution in [0.5, 0.6) is 0 Å². The van der Waals surface area contributed by atoms with Gasteiger partial charge in [0.25, 0.3) is 0 Å². The molecule has 1 saturated heterocycles. The van der Waals surface area contributed by atoms with Crippen LogP contribution in [-0.4, -0.2) is 56.0 Å². The van der Waals surface area contributed by atoms with E-state index in [0.717, 1.165) is 11.1 Å². The molecule has 3 aromatic heterocycles. The second-order valence-corrected chi connectivity index (χ2v) is 10.9. The molecule has 0 aliphatic carbocycles. The summed E-state index contributed by atoms with van der Waals surface area (Å²) in [5.74, 6) is -0.335. The molecule has 1 aliphatic rings. The molecule has 4 aromatic rings. The summed E-state index contributed by atoms with van der Waals surface area (Å²) in [5.41, 5.74) is 7.89. The van der Waals surface area contributed by atoms with E-state index in [1.165, 1.54) is 28.8 Å². The van der Waals surface area contributed by atoms with E-state index in [4.69, 9.17) is 22.3 Å². The number of nitrogen functional groups attached to an aromatic ring is 1. The Labute approximate surface area is 242 Å². The summed E-state index contributed by atoms with van der Waals surface area (Å²) < 4.78 is 17.3. The van der Waals surface area contributed by atoms with Crippen LogP contribution in [0.25, 0.3) is 28.1 Å². The molecule has 1 fully saturated rings. The molecular formula is C30H31ClFN7O2. The van der Waals surface area contributed by atoms with Crippen LogP contribution in [0, 0.1) is 12.7 Å².